The van der Waals surface area contributed by atoms with Crippen molar-refractivity contribution in [3.63, 3.8) is 0 Å². The summed E-state index contributed by atoms with van der Waals surface area (Å²) in [4.78, 5) is 13.7. The fourth-order valence-electron chi connectivity index (χ4n) is 2.16. The van der Waals surface area contributed by atoms with E-state index in [9.17, 15) is 13.6 Å². The maximum absolute atomic E-state index is 13.1. The summed E-state index contributed by atoms with van der Waals surface area (Å²) in [5.74, 6) is -1.49. The van der Waals surface area contributed by atoms with Gasteiger partial charge in [0, 0.05) is 18.3 Å². The molecule has 4 nitrogen and oxygen atoms in total. The third kappa shape index (κ3) is 5.03. The lowest BCUT2D eigenvalue weighted by Gasteiger charge is -2.17. The molecular weight excluding hydrogens is 302 g/mol. The third-order valence-electron chi connectivity index (χ3n) is 3.20. The lowest BCUT2D eigenvalue weighted by atomic mass is 10.2. The van der Waals surface area contributed by atoms with Crippen molar-refractivity contribution >= 4 is 11.6 Å². The van der Waals surface area contributed by atoms with Gasteiger partial charge in [0.25, 0.3) is 0 Å². The van der Waals surface area contributed by atoms with Gasteiger partial charge in [-0.25, -0.2) is 8.78 Å². The summed E-state index contributed by atoms with van der Waals surface area (Å²) in [6, 6.07) is 10.8. The second-order valence-electron chi connectivity index (χ2n) is 5.20. The van der Waals surface area contributed by atoms with Gasteiger partial charge in [0.05, 0.1) is 13.7 Å². The van der Waals surface area contributed by atoms with E-state index >= 15 is 0 Å². The maximum Gasteiger partial charge on any atom is 0.238 e. The van der Waals surface area contributed by atoms with Crippen LogP contribution in [-0.2, 0) is 11.3 Å². The Bertz CT molecular complexity index is 692. The number of hydrogen-bond donors (Lipinski definition) is 1. The van der Waals surface area contributed by atoms with Crippen LogP contribution in [0, 0.1) is 11.6 Å². The van der Waals surface area contributed by atoms with Gasteiger partial charge in [-0.05, 0) is 36.9 Å². The highest BCUT2D eigenvalue weighted by atomic mass is 19.2. The number of hydrogen-bond acceptors (Lipinski definition) is 3. The average Bonchev–Trinajstić information content (AvgIpc) is 2.51. The van der Waals surface area contributed by atoms with Gasteiger partial charge < -0.3 is 10.1 Å². The Kier molecular flexibility index (Phi) is 5.65. The predicted molar refractivity (Wildman–Crippen MR) is 84.3 cm³/mol. The van der Waals surface area contributed by atoms with Gasteiger partial charge in [-0.15, -0.1) is 0 Å². The molecule has 1 N–H and O–H groups in total. The first kappa shape index (κ1) is 16.9. The fraction of sp³-hybridized carbons (Fsp3) is 0.235. The van der Waals surface area contributed by atoms with Gasteiger partial charge in [0.1, 0.15) is 5.75 Å². The van der Waals surface area contributed by atoms with Crippen molar-refractivity contribution in [1.29, 1.82) is 0 Å². The molecule has 2 aromatic rings. The minimum atomic E-state index is -0.993. The van der Waals surface area contributed by atoms with Crippen molar-refractivity contribution in [3.05, 3.63) is 59.7 Å². The van der Waals surface area contributed by atoms with Crippen molar-refractivity contribution in [3.8, 4) is 5.75 Å². The Hall–Kier alpha value is -2.47. The topological polar surface area (TPSA) is 41.6 Å². The monoisotopic (exact) mass is 320 g/mol. The van der Waals surface area contributed by atoms with Crippen LogP contribution < -0.4 is 10.1 Å². The first-order chi connectivity index (χ1) is 11.0. The molecule has 6 heteroatoms. The van der Waals surface area contributed by atoms with Crippen LogP contribution in [0.3, 0.4) is 0 Å². The Balaban J connectivity index is 1.90. The molecule has 0 aromatic heterocycles. The van der Waals surface area contributed by atoms with E-state index in [0.717, 1.165) is 23.4 Å². The number of carbonyl (C=O) groups excluding carboxylic acids is 1. The van der Waals surface area contributed by atoms with Crippen molar-refractivity contribution in [2.45, 2.75) is 6.54 Å². The van der Waals surface area contributed by atoms with Crippen LogP contribution >= 0.6 is 0 Å². The van der Waals surface area contributed by atoms with E-state index in [1.165, 1.54) is 6.07 Å². The molecule has 0 atom stereocenters. The van der Waals surface area contributed by atoms with Gasteiger partial charge in [0.2, 0.25) is 5.91 Å². The van der Waals surface area contributed by atoms with Crippen molar-refractivity contribution in [2.24, 2.45) is 0 Å². The lowest BCUT2D eigenvalue weighted by molar-refractivity contribution is -0.117. The fourth-order valence-corrected chi connectivity index (χ4v) is 2.16. The highest BCUT2D eigenvalue weighted by molar-refractivity contribution is 5.92. The second-order valence-corrected chi connectivity index (χ2v) is 5.20. The van der Waals surface area contributed by atoms with Gasteiger partial charge >= 0.3 is 0 Å². The molecule has 23 heavy (non-hydrogen) atoms. The van der Waals surface area contributed by atoms with Gasteiger partial charge in [-0.2, -0.15) is 0 Å². The first-order valence-electron chi connectivity index (χ1n) is 7.04. The molecule has 122 valence electrons. The highest BCUT2D eigenvalue weighted by Crippen LogP contribution is 2.15. The van der Waals surface area contributed by atoms with Crippen molar-refractivity contribution < 1.29 is 18.3 Å². The number of carbonyl (C=O) groups is 1. The number of nitrogens with one attached hydrogen (secondary N) is 1. The standard InChI is InChI=1S/C17H18F2N2O2/c1-21(10-12-4-3-5-14(8-12)23-2)11-17(22)20-13-6-7-15(18)16(19)9-13/h3-9H,10-11H2,1-2H3,(H,20,22). The molecule has 0 saturated carbocycles. The van der Waals surface area contributed by atoms with Crippen molar-refractivity contribution in [1.82, 2.24) is 4.90 Å². The van der Waals surface area contributed by atoms with Crippen LogP contribution in [0.4, 0.5) is 14.5 Å². The number of nitrogens with zero attached hydrogens (tertiary/aromatic N) is 1. The molecule has 0 aliphatic heterocycles. The molecule has 0 fully saturated rings. The second kappa shape index (κ2) is 7.69. The van der Waals surface area contributed by atoms with Crippen molar-refractivity contribution in [2.75, 3.05) is 26.0 Å². The molecule has 0 saturated heterocycles. The molecule has 0 unspecified atom stereocenters. The summed E-state index contributed by atoms with van der Waals surface area (Å²) in [6.07, 6.45) is 0. The first-order valence-corrected chi connectivity index (χ1v) is 7.04. The van der Waals surface area contributed by atoms with E-state index in [4.69, 9.17) is 4.74 Å². The van der Waals surface area contributed by atoms with Crippen LogP contribution in [0.5, 0.6) is 5.75 Å². The van der Waals surface area contributed by atoms with E-state index in [2.05, 4.69) is 5.32 Å². The van der Waals surface area contributed by atoms with Crippen LogP contribution in [0.25, 0.3) is 0 Å². The quantitative estimate of drug-likeness (QED) is 0.889. The number of benzene rings is 2. The summed E-state index contributed by atoms with van der Waals surface area (Å²) in [6.45, 7) is 0.679. The van der Waals surface area contributed by atoms with Crippen LogP contribution in [0.2, 0.25) is 0 Å². The van der Waals surface area contributed by atoms with Crippen LogP contribution in [0.1, 0.15) is 5.56 Å². The highest BCUT2D eigenvalue weighted by Gasteiger charge is 2.09. The van der Waals surface area contributed by atoms with Crippen LogP contribution in [-0.4, -0.2) is 31.5 Å². The zero-order chi connectivity index (χ0) is 16.8. The summed E-state index contributed by atoms with van der Waals surface area (Å²) < 4.78 is 31.1. The van der Waals surface area contributed by atoms with E-state index in [1.807, 2.05) is 29.2 Å². The number of likely N-dealkylation sites (N-methyl/N-ethyl adjacent to an activating group) is 1. The third-order valence-corrected chi connectivity index (χ3v) is 3.20. The number of methoxy groups -OCH3 is 1. The molecule has 0 aliphatic rings. The normalized spacial score (nSPS) is 10.7. The molecule has 0 aliphatic carbocycles. The zero-order valence-corrected chi connectivity index (χ0v) is 13.0. The largest absolute Gasteiger partial charge is 0.497 e. The number of anilines is 1. The van der Waals surface area contributed by atoms with E-state index in [0.29, 0.717) is 6.54 Å². The smallest absolute Gasteiger partial charge is 0.238 e. The molecule has 0 heterocycles. The Morgan fingerprint density at radius 2 is 1.96 bits per heavy atom. The summed E-state index contributed by atoms with van der Waals surface area (Å²) in [5.41, 5.74) is 1.23. The summed E-state index contributed by atoms with van der Waals surface area (Å²) in [5, 5.41) is 2.54. The van der Waals surface area contributed by atoms with Gasteiger partial charge in [0.15, 0.2) is 11.6 Å². The average molecular weight is 320 g/mol. The molecule has 0 radical (unpaired) electrons. The SMILES string of the molecule is COc1cccc(CN(C)CC(=O)Nc2ccc(F)c(F)c2)c1. The molecule has 2 rings (SSSR count). The molecule has 2 aromatic carbocycles. The Morgan fingerprint density at radius 3 is 2.65 bits per heavy atom. The van der Waals surface area contributed by atoms with Gasteiger partial charge in [-0.3, -0.25) is 9.69 Å². The number of halogens is 2. The maximum atomic E-state index is 13.1. The predicted octanol–water partition coefficient (Wildman–Crippen LogP) is 3.04. The number of rotatable bonds is 6. The Labute approximate surface area is 133 Å². The van der Waals surface area contributed by atoms with E-state index in [1.54, 1.807) is 14.2 Å². The molecule has 1 amide bonds. The summed E-state index contributed by atoms with van der Waals surface area (Å²) >= 11 is 0. The lowest BCUT2D eigenvalue weighted by Crippen LogP contribution is -2.29. The molecular formula is C17H18F2N2O2. The van der Waals surface area contributed by atoms with Crippen LogP contribution in [0.15, 0.2) is 42.5 Å². The zero-order valence-electron chi connectivity index (χ0n) is 13.0. The minimum Gasteiger partial charge on any atom is -0.497 e. The Morgan fingerprint density at radius 1 is 1.17 bits per heavy atom. The summed E-state index contributed by atoms with van der Waals surface area (Å²) in [7, 11) is 3.39. The van der Waals surface area contributed by atoms with E-state index < -0.39 is 11.6 Å². The van der Waals surface area contributed by atoms with E-state index in [-0.39, 0.29) is 18.1 Å². The number of ether oxygens (including phenoxy) is 1. The minimum absolute atomic E-state index is 0.121. The number of amides is 1. The molecule has 0 spiro atoms. The van der Waals surface area contributed by atoms with Gasteiger partial charge in [-0.1, -0.05) is 12.1 Å². The molecule has 0 bridgehead atoms.